The number of nitrogens with zero attached hydrogens (tertiary/aromatic N) is 2. The fourth-order valence-electron chi connectivity index (χ4n) is 5.85. The van der Waals surface area contributed by atoms with Crippen molar-refractivity contribution in [1.29, 1.82) is 0 Å². The van der Waals surface area contributed by atoms with Gasteiger partial charge in [-0.25, -0.2) is 9.78 Å². The second kappa shape index (κ2) is 13.8. The number of amides is 1. The number of carbonyl (C=O) groups excluding carboxylic acids is 1. The van der Waals surface area contributed by atoms with Crippen LogP contribution in [0.5, 0.6) is 0 Å². The highest BCUT2D eigenvalue weighted by molar-refractivity contribution is 5.96. The lowest BCUT2D eigenvalue weighted by Crippen LogP contribution is -2.39. The Morgan fingerprint density at radius 1 is 1.18 bits per heavy atom. The van der Waals surface area contributed by atoms with Crippen LogP contribution in [-0.4, -0.2) is 73.2 Å². The van der Waals surface area contributed by atoms with E-state index in [9.17, 15) is 4.79 Å². The molecule has 7 nitrogen and oxygen atoms in total. The van der Waals surface area contributed by atoms with Gasteiger partial charge in [0, 0.05) is 42.0 Å². The number of aromatic nitrogens is 1. The molecular weight excluding hydrogens is 490 g/mol. The van der Waals surface area contributed by atoms with Gasteiger partial charge in [0.1, 0.15) is 6.10 Å². The monoisotopic (exact) mass is 537 g/mol. The van der Waals surface area contributed by atoms with Crippen LogP contribution < -0.4 is 0 Å². The van der Waals surface area contributed by atoms with E-state index in [-0.39, 0.29) is 23.5 Å². The van der Waals surface area contributed by atoms with Crippen LogP contribution in [-0.2, 0) is 24.7 Å². The molecule has 2 unspecified atom stereocenters. The Morgan fingerprint density at radius 3 is 2.64 bits per heavy atom. The molecule has 2 heterocycles. The lowest BCUT2D eigenvalue weighted by Gasteiger charge is -2.33. The minimum atomic E-state index is -0.332. The molecule has 2 aliphatic rings. The number of carbonyl (C=O) groups is 1. The van der Waals surface area contributed by atoms with E-state index in [0.717, 1.165) is 54.6 Å². The highest BCUT2D eigenvalue weighted by Crippen LogP contribution is 2.39. The summed E-state index contributed by atoms with van der Waals surface area (Å²) in [5, 5.41) is 1.15. The molecule has 1 fully saturated rings. The van der Waals surface area contributed by atoms with Gasteiger partial charge in [-0.2, -0.15) is 0 Å². The summed E-state index contributed by atoms with van der Waals surface area (Å²) >= 11 is 0. The molecule has 2 atom stereocenters. The first-order chi connectivity index (χ1) is 18.8. The van der Waals surface area contributed by atoms with E-state index in [2.05, 4.69) is 55.8 Å². The molecule has 0 radical (unpaired) electrons. The summed E-state index contributed by atoms with van der Waals surface area (Å²) in [7, 11) is 1.89. The number of hydrogen-bond acceptors (Lipinski definition) is 5. The largest absolute Gasteiger partial charge is 0.372 e. The molecule has 214 valence electrons. The van der Waals surface area contributed by atoms with E-state index >= 15 is 0 Å². The maximum absolute atomic E-state index is 13.5. The third-order valence-corrected chi connectivity index (χ3v) is 7.80. The SMILES string of the molecule is CCCOOC(CC)c1[nH]c2ccccc2c1C(C)(C)CN(C)C(=O)C1=CCC(OCCN2CCCC2)C=C1. The van der Waals surface area contributed by atoms with Crippen molar-refractivity contribution in [1.82, 2.24) is 14.8 Å². The highest BCUT2D eigenvalue weighted by atomic mass is 17.2. The summed E-state index contributed by atoms with van der Waals surface area (Å²) < 4.78 is 6.06. The van der Waals surface area contributed by atoms with E-state index in [0.29, 0.717) is 13.2 Å². The van der Waals surface area contributed by atoms with Crippen LogP contribution in [0.4, 0.5) is 0 Å². The lowest BCUT2D eigenvalue weighted by atomic mass is 9.80. The van der Waals surface area contributed by atoms with Crippen molar-refractivity contribution < 1.29 is 19.3 Å². The Morgan fingerprint density at radius 2 is 1.95 bits per heavy atom. The molecule has 1 aliphatic heterocycles. The number of rotatable bonds is 14. The van der Waals surface area contributed by atoms with E-state index in [1.807, 2.05) is 36.2 Å². The summed E-state index contributed by atoms with van der Waals surface area (Å²) in [6, 6.07) is 8.33. The number of likely N-dealkylation sites (tertiary alicyclic amines) is 1. The topological polar surface area (TPSA) is 67.0 Å². The minimum Gasteiger partial charge on any atom is -0.372 e. The maximum atomic E-state index is 13.5. The second-order valence-electron chi connectivity index (χ2n) is 11.5. The van der Waals surface area contributed by atoms with Crippen LogP contribution in [0.2, 0.25) is 0 Å². The Balaban J connectivity index is 1.42. The molecule has 0 bridgehead atoms. The Hall–Kier alpha value is -2.45. The Labute approximate surface area is 234 Å². The number of aromatic amines is 1. The van der Waals surface area contributed by atoms with Gasteiger partial charge in [-0.05, 0) is 56.8 Å². The molecule has 1 saturated heterocycles. The van der Waals surface area contributed by atoms with E-state index in [1.54, 1.807) is 0 Å². The van der Waals surface area contributed by atoms with Crippen LogP contribution in [0.3, 0.4) is 0 Å². The van der Waals surface area contributed by atoms with Crippen molar-refractivity contribution in [2.24, 2.45) is 0 Å². The first kappa shape index (κ1) is 29.5. The second-order valence-corrected chi connectivity index (χ2v) is 11.5. The predicted octanol–water partition coefficient (Wildman–Crippen LogP) is 6.08. The predicted molar refractivity (Wildman–Crippen MR) is 157 cm³/mol. The Bertz CT molecular complexity index is 1150. The molecule has 1 aromatic heterocycles. The van der Waals surface area contributed by atoms with Gasteiger partial charge in [0.25, 0.3) is 5.91 Å². The quantitative estimate of drug-likeness (QED) is 0.180. The molecule has 2 aromatic rings. The fourth-order valence-corrected chi connectivity index (χ4v) is 5.85. The molecule has 0 spiro atoms. The van der Waals surface area contributed by atoms with Crippen LogP contribution in [0, 0.1) is 0 Å². The molecule has 39 heavy (non-hydrogen) atoms. The molecule has 1 aliphatic carbocycles. The molecule has 1 N–H and O–H groups in total. The fraction of sp³-hybridized carbons (Fsp3) is 0.594. The van der Waals surface area contributed by atoms with Crippen LogP contribution in [0.25, 0.3) is 10.9 Å². The lowest BCUT2D eigenvalue weighted by molar-refractivity contribution is -0.328. The van der Waals surface area contributed by atoms with E-state index < -0.39 is 0 Å². The van der Waals surface area contributed by atoms with Crippen molar-refractivity contribution in [2.75, 3.05) is 46.4 Å². The van der Waals surface area contributed by atoms with Gasteiger partial charge in [0.15, 0.2) is 0 Å². The number of ether oxygens (including phenoxy) is 1. The van der Waals surface area contributed by atoms with Gasteiger partial charge in [0.2, 0.25) is 0 Å². The van der Waals surface area contributed by atoms with Gasteiger partial charge in [-0.1, -0.05) is 64.1 Å². The number of hydrogen-bond donors (Lipinski definition) is 1. The molecule has 4 rings (SSSR count). The average Bonchev–Trinajstić information content (AvgIpc) is 3.59. The van der Waals surface area contributed by atoms with Gasteiger partial charge < -0.3 is 19.5 Å². The van der Waals surface area contributed by atoms with Crippen molar-refractivity contribution in [2.45, 2.75) is 77.4 Å². The summed E-state index contributed by atoms with van der Waals surface area (Å²) in [4.78, 5) is 32.7. The zero-order valence-electron chi connectivity index (χ0n) is 24.5. The minimum absolute atomic E-state index is 0.0332. The van der Waals surface area contributed by atoms with Gasteiger partial charge in [-0.15, -0.1) is 0 Å². The van der Waals surface area contributed by atoms with E-state index in [4.69, 9.17) is 14.5 Å². The maximum Gasteiger partial charge on any atom is 0.253 e. The number of nitrogens with one attached hydrogen (secondary N) is 1. The third kappa shape index (κ3) is 7.40. The zero-order valence-corrected chi connectivity index (χ0v) is 24.5. The van der Waals surface area contributed by atoms with Crippen molar-refractivity contribution in [3.05, 3.63) is 59.3 Å². The number of benzene rings is 1. The van der Waals surface area contributed by atoms with Gasteiger partial charge >= 0.3 is 0 Å². The molecule has 1 aromatic carbocycles. The molecule has 0 saturated carbocycles. The number of para-hydroxylation sites is 1. The third-order valence-electron chi connectivity index (χ3n) is 7.80. The smallest absolute Gasteiger partial charge is 0.253 e. The standard InChI is InChI=1S/C32H47N3O4/c1-6-21-38-39-28(7-2)30-29(26-12-8-9-13-27(26)33-30)32(3,4)23-34(5)31(36)24-14-16-25(17-15-24)37-22-20-35-18-10-11-19-35/h8-9,12-16,25,28,33H,6-7,10-11,17-23H2,1-5H3. The summed E-state index contributed by atoms with van der Waals surface area (Å²) in [5.41, 5.74) is 3.65. The summed E-state index contributed by atoms with van der Waals surface area (Å²) in [6.07, 6.45) is 10.8. The average molecular weight is 538 g/mol. The van der Waals surface area contributed by atoms with Crippen LogP contribution in [0.15, 0.2) is 48.1 Å². The zero-order chi connectivity index (χ0) is 27.8. The van der Waals surface area contributed by atoms with Crippen molar-refractivity contribution in [3.63, 3.8) is 0 Å². The van der Waals surface area contributed by atoms with Crippen LogP contribution in [0.1, 0.15) is 77.2 Å². The van der Waals surface area contributed by atoms with Gasteiger partial charge in [-0.3, -0.25) is 4.79 Å². The van der Waals surface area contributed by atoms with Gasteiger partial charge in [0.05, 0.1) is 25.0 Å². The normalized spacial score (nSPS) is 19.0. The highest BCUT2D eigenvalue weighted by Gasteiger charge is 2.33. The summed E-state index contributed by atoms with van der Waals surface area (Å²) in [6.45, 7) is 13.8. The van der Waals surface area contributed by atoms with Crippen LogP contribution >= 0.6 is 0 Å². The number of likely N-dealkylation sites (N-methyl/N-ethyl adjacent to an activating group) is 1. The van der Waals surface area contributed by atoms with E-state index in [1.165, 1.54) is 31.5 Å². The number of fused-ring (bicyclic) bond motifs is 1. The molecular formula is C32H47N3O4. The summed E-state index contributed by atoms with van der Waals surface area (Å²) in [5.74, 6) is 0.0332. The first-order valence-electron chi connectivity index (χ1n) is 14.7. The van der Waals surface area contributed by atoms with Crippen molar-refractivity contribution >= 4 is 16.8 Å². The molecule has 1 amide bonds. The number of H-pyrrole nitrogens is 1. The molecule has 7 heteroatoms. The Kier molecular flexibility index (Phi) is 10.4. The van der Waals surface area contributed by atoms with Crippen molar-refractivity contribution in [3.8, 4) is 0 Å². The first-order valence-corrected chi connectivity index (χ1v) is 14.7.